The maximum absolute atomic E-state index is 12.6. The van der Waals surface area contributed by atoms with E-state index in [1.807, 2.05) is 0 Å². The largest absolute Gasteiger partial charge is 0.316 e. The first-order chi connectivity index (χ1) is 9.00. The van der Waals surface area contributed by atoms with Gasteiger partial charge in [-0.25, -0.2) is 8.42 Å². The zero-order valence-corrected chi connectivity index (χ0v) is 12.5. The molecule has 2 aliphatic heterocycles. The van der Waals surface area contributed by atoms with Gasteiger partial charge >= 0.3 is 0 Å². The first kappa shape index (κ1) is 13.6. The highest BCUT2D eigenvalue weighted by Crippen LogP contribution is 2.36. The fourth-order valence-corrected chi connectivity index (χ4v) is 5.51. The van der Waals surface area contributed by atoms with Gasteiger partial charge in [0.05, 0.1) is 10.0 Å². The second kappa shape index (κ2) is 4.90. The Hall–Kier alpha value is -0.330. The number of fused-ring (bicyclic) bond motifs is 1. The number of nitrogens with one attached hydrogen (secondary N) is 1. The van der Waals surface area contributed by atoms with Crippen LogP contribution in [0, 0.1) is 11.8 Å². The third kappa shape index (κ3) is 2.28. The maximum Gasteiger partial charge on any atom is 0.246 e. The summed E-state index contributed by atoms with van der Waals surface area (Å²) in [5.41, 5.74) is 0. The van der Waals surface area contributed by atoms with E-state index in [0.29, 0.717) is 24.9 Å². The summed E-state index contributed by atoms with van der Waals surface area (Å²) in [6.45, 7) is 2.85. The number of nitrogens with zero attached hydrogens (tertiary/aromatic N) is 1. The van der Waals surface area contributed by atoms with Crippen molar-refractivity contribution in [3.05, 3.63) is 28.2 Å². The minimum absolute atomic E-state index is 0.0336. The van der Waals surface area contributed by atoms with Gasteiger partial charge in [0.15, 0.2) is 0 Å². The van der Waals surface area contributed by atoms with Gasteiger partial charge in [-0.15, -0.1) is 0 Å². The van der Waals surface area contributed by atoms with Crippen LogP contribution in [0.25, 0.3) is 0 Å². The van der Waals surface area contributed by atoms with E-state index in [1.165, 1.54) is 4.31 Å². The Kier molecular flexibility index (Phi) is 3.52. The standard InChI is InChI=1S/C12H14Cl2N2O2S/c13-10-2-1-3-11(14)12(10)19(17,18)16-6-8-4-15-5-9(8)7-16/h1-3,8-9,15H,4-7H2. The van der Waals surface area contributed by atoms with E-state index in [1.54, 1.807) is 18.2 Å². The first-order valence-corrected chi connectivity index (χ1v) is 8.34. The monoisotopic (exact) mass is 320 g/mol. The van der Waals surface area contributed by atoms with Gasteiger partial charge in [0.2, 0.25) is 10.0 Å². The van der Waals surface area contributed by atoms with Crippen LogP contribution in [0.2, 0.25) is 10.0 Å². The van der Waals surface area contributed by atoms with E-state index in [0.717, 1.165) is 13.1 Å². The fourth-order valence-electron chi connectivity index (χ4n) is 2.87. The van der Waals surface area contributed by atoms with Crippen molar-refractivity contribution in [1.29, 1.82) is 0 Å². The van der Waals surface area contributed by atoms with E-state index >= 15 is 0 Å². The molecule has 0 saturated carbocycles. The number of benzene rings is 1. The molecule has 1 aromatic carbocycles. The molecule has 1 N–H and O–H groups in total. The molecule has 0 spiro atoms. The average Bonchev–Trinajstić information content (AvgIpc) is 2.87. The quantitative estimate of drug-likeness (QED) is 0.904. The topological polar surface area (TPSA) is 49.4 Å². The molecule has 7 heteroatoms. The van der Waals surface area contributed by atoms with Crippen LogP contribution >= 0.6 is 23.2 Å². The summed E-state index contributed by atoms with van der Waals surface area (Å²) in [7, 11) is -3.60. The highest BCUT2D eigenvalue weighted by atomic mass is 35.5. The number of sulfonamides is 1. The predicted molar refractivity (Wildman–Crippen MR) is 75.1 cm³/mol. The van der Waals surface area contributed by atoms with Crippen molar-refractivity contribution in [3.63, 3.8) is 0 Å². The van der Waals surface area contributed by atoms with E-state index < -0.39 is 10.0 Å². The summed E-state index contributed by atoms with van der Waals surface area (Å²) in [6, 6.07) is 4.75. The van der Waals surface area contributed by atoms with Crippen LogP contribution < -0.4 is 5.32 Å². The summed E-state index contributed by atoms with van der Waals surface area (Å²) in [5, 5.41) is 3.65. The Morgan fingerprint density at radius 2 is 1.63 bits per heavy atom. The summed E-state index contributed by atoms with van der Waals surface area (Å²) in [6.07, 6.45) is 0. The van der Waals surface area contributed by atoms with Crippen LogP contribution in [0.1, 0.15) is 0 Å². The number of rotatable bonds is 2. The second-order valence-electron chi connectivity index (χ2n) is 5.05. The van der Waals surface area contributed by atoms with Crippen LogP contribution in [0.5, 0.6) is 0 Å². The van der Waals surface area contributed by atoms with Crippen LogP contribution in [0.3, 0.4) is 0 Å². The summed E-state index contributed by atoms with van der Waals surface area (Å²) in [5.74, 6) is 0.798. The Balaban J connectivity index is 1.96. The third-order valence-corrected chi connectivity index (χ3v) is 6.66. The predicted octanol–water partition coefficient (Wildman–Crippen LogP) is 1.83. The van der Waals surface area contributed by atoms with Crippen molar-refractivity contribution >= 4 is 33.2 Å². The van der Waals surface area contributed by atoms with Crippen LogP contribution in [0.15, 0.2) is 23.1 Å². The third-order valence-electron chi connectivity index (χ3n) is 3.87. The number of halogens is 2. The van der Waals surface area contributed by atoms with Crippen molar-refractivity contribution in [2.75, 3.05) is 26.2 Å². The molecule has 2 atom stereocenters. The zero-order chi connectivity index (χ0) is 13.6. The molecule has 0 amide bonds. The Morgan fingerprint density at radius 3 is 2.16 bits per heavy atom. The fraction of sp³-hybridized carbons (Fsp3) is 0.500. The van der Waals surface area contributed by atoms with Crippen molar-refractivity contribution in [1.82, 2.24) is 9.62 Å². The second-order valence-corrected chi connectivity index (χ2v) is 7.74. The summed E-state index contributed by atoms with van der Waals surface area (Å²) >= 11 is 12.0. The van der Waals surface area contributed by atoms with Crippen LogP contribution in [0.4, 0.5) is 0 Å². The lowest BCUT2D eigenvalue weighted by Crippen LogP contribution is -2.32. The molecule has 2 aliphatic rings. The molecule has 0 bridgehead atoms. The van der Waals surface area contributed by atoms with Crippen molar-refractivity contribution in [2.45, 2.75) is 4.90 Å². The van der Waals surface area contributed by atoms with Gasteiger partial charge in [0.25, 0.3) is 0 Å². The lowest BCUT2D eigenvalue weighted by molar-refractivity contribution is 0.448. The van der Waals surface area contributed by atoms with Gasteiger partial charge in [0, 0.05) is 13.1 Å². The Bertz CT molecular complexity index is 573. The molecule has 0 aliphatic carbocycles. The van der Waals surface area contributed by atoms with Gasteiger partial charge in [0.1, 0.15) is 4.90 Å². The smallest absolute Gasteiger partial charge is 0.246 e. The summed E-state index contributed by atoms with van der Waals surface area (Å²) in [4.78, 5) is 0.0336. The van der Waals surface area contributed by atoms with Crippen molar-refractivity contribution in [2.24, 2.45) is 11.8 Å². The highest BCUT2D eigenvalue weighted by molar-refractivity contribution is 7.89. The molecule has 4 nitrogen and oxygen atoms in total. The molecule has 2 unspecified atom stereocenters. The molecule has 2 fully saturated rings. The Labute approximate surface area is 122 Å². The van der Waals surface area contributed by atoms with Crippen molar-refractivity contribution < 1.29 is 8.42 Å². The molecule has 2 heterocycles. The zero-order valence-electron chi connectivity index (χ0n) is 10.1. The van der Waals surface area contributed by atoms with Gasteiger partial charge in [-0.1, -0.05) is 29.3 Å². The number of hydrogen-bond acceptors (Lipinski definition) is 3. The molecular weight excluding hydrogens is 307 g/mol. The van der Waals surface area contributed by atoms with Crippen LogP contribution in [-0.4, -0.2) is 38.9 Å². The Morgan fingerprint density at radius 1 is 1.11 bits per heavy atom. The number of hydrogen-bond donors (Lipinski definition) is 1. The van der Waals surface area contributed by atoms with Crippen LogP contribution in [-0.2, 0) is 10.0 Å². The minimum Gasteiger partial charge on any atom is -0.316 e. The highest BCUT2D eigenvalue weighted by Gasteiger charge is 2.42. The molecule has 2 saturated heterocycles. The molecule has 19 heavy (non-hydrogen) atoms. The van der Waals surface area contributed by atoms with Gasteiger partial charge in [-0.3, -0.25) is 0 Å². The van der Waals surface area contributed by atoms with E-state index in [2.05, 4.69) is 5.32 Å². The SMILES string of the molecule is O=S(=O)(c1c(Cl)cccc1Cl)N1CC2CNCC2C1. The summed E-state index contributed by atoms with van der Waals surface area (Å²) < 4.78 is 26.8. The minimum atomic E-state index is -3.60. The molecule has 3 rings (SSSR count). The van der Waals surface area contributed by atoms with Gasteiger partial charge in [-0.2, -0.15) is 4.31 Å². The first-order valence-electron chi connectivity index (χ1n) is 6.15. The normalized spacial score (nSPS) is 27.7. The lowest BCUT2D eigenvalue weighted by Gasteiger charge is -2.19. The molecule has 104 valence electrons. The van der Waals surface area contributed by atoms with Gasteiger partial charge < -0.3 is 5.32 Å². The van der Waals surface area contributed by atoms with Gasteiger partial charge in [-0.05, 0) is 37.1 Å². The van der Waals surface area contributed by atoms with E-state index in [4.69, 9.17) is 23.2 Å². The molecule has 0 radical (unpaired) electrons. The molecule has 1 aromatic rings. The maximum atomic E-state index is 12.6. The lowest BCUT2D eigenvalue weighted by atomic mass is 10.0. The van der Waals surface area contributed by atoms with E-state index in [-0.39, 0.29) is 14.9 Å². The average molecular weight is 321 g/mol. The molecular formula is C12H14Cl2N2O2S. The van der Waals surface area contributed by atoms with Crippen molar-refractivity contribution in [3.8, 4) is 0 Å². The molecule has 0 aromatic heterocycles. The van der Waals surface area contributed by atoms with E-state index in [9.17, 15) is 8.42 Å².